The number of fused-ring (bicyclic) bond motifs is 5. The van der Waals surface area contributed by atoms with Crippen molar-refractivity contribution in [3.8, 4) is 0 Å². The Balaban J connectivity index is 0.000000161. The van der Waals surface area contributed by atoms with Crippen molar-refractivity contribution in [2.45, 2.75) is 13.3 Å². The number of rotatable bonds is 3. The predicted molar refractivity (Wildman–Crippen MR) is 167 cm³/mol. The molecule has 0 amide bonds. The minimum Gasteiger partial charge on any atom is -0.0906 e. The zero-order chi connectivity index (χ0) is 25.9. The van der Waals surface area contributed by atoms with Crippen molar-refractivity contribution in [3.05, 3.63) is 163 Å². The van der Waals surface area contributed by atoms with E-state index in [1.54, 1.807) is 0 Å². The molecule has 0 aliphatic carbocycles. The normalized spacial score (nSPS) is 11.0. The predicted octanol–water partition coefficient (Wildman–Crippen LogP) is 10.6. The Morgan fingerprint density at radius 2 is 0.921 bits per heavy atom. The van der Waals surface area contributed by atoms with E-state index in [2.05, 4.69) is 117 Å². The van der Waals surface area contributed by atoms with Gasteiger partial charge in [0.15, 0.2) is 0 Å². The standard InChI is InChI=1S/C24H18.C14H12/c1-2-16-8-5-9-19-13-21-11-10-20-12-17-6-3-4-7-18(17)14-23(20)24(21)15-22(16)19;1-12(13-8-4-2-5-9-13)14-10-6-3-7-11-14/h3-15H,2H2,1H3;2-11H,1H2. The maximum Gasteiger partial charge on any atom is -0.00987 e. The van der Waals surface area contributed by atoms with E-state index in [1.165, 1.54) is 59.8 Å². The van der Waals surface area contributed by atoms with Crippen molar-refractivity contribution in [1.82, 2.24) is 0 Å². The van der Waals surface area contributed by atoms with Gasteiger partial charge < -0.3 is 0 Å². The van der Waals surface area contributed by atoms with E-state index in [9.17, 15) is 0 Å². The molecule has 0 heteroatoms. The highest BCUT2D eigenvalue weighted by Gasteiger charge is 2.07. The molecule has 0 aromatic heterocycles. The van der Waals surface area contributed by atoms with Gasteiger partial charge in [0.2, 0.25) is 0 Å². The van der Waals surface area contributed by atoms with Crippen molar-refractivity contribution in [1.29, 1.82) is 0 Å². The first kappa shape index (κ1) is 23.7. The molecule has 7 aromatic carbocycles. The average Bonchev–Trinajstić information content (AvgIpc) is 2.99. The first-order chi connectivity index (χ1) is 18.7. The van der Waals surface area contributed by atoms with Gasteiger partial charge in [0.1, 0.15) is 0 Å². The first-order valence-corrected chi connectivity index (χ1v) is 13.3. The molecule has 0 aliphatic rings. The maximum absolute atomic E-state index is 4.10. The molecule has 0 spiro atoms. The summed E-state index contributed by atoms with van der Waals surface area (Å²) < 4.78 is 0. The van der Waals surface area contributed by atoms with E-state index >= 15 is 0 Å². The van der Waals surface area contributed by atoms with Gasteiger partial charge in [-0.05, 0) is 96.0 Å². The van der Waals surface area contributed by atoms with Gasteiger partial charge in [-0.15, -0.1) is 0 Å². The van der Waals surface area contributed by atoms with Gasteiger partial charge in [0.25, 0.3) is 0 Å². The summed E-state index contributed by atoms with van der Waals surface area (Å²) in [5, 5.41) is 10.7. The Labute approximate surface area is 224 Å². The molecule has 0 saturated carbocycles. The third-order valence-corrected chi connectivity index (χ3v) is 7.42. The summed E-state index contributed by atoms with van der Waals surface area (Å²) in [7, 11) is 0. The third kappa shape index (κ3) is 4.58. The Morgan fingerprint density at radius 1 is 0.447 bits per heavy atom. The fourth-order valence-corrected chi connectivity index (χ4v) is 5.34. The van der Waals surface area contributed by atoms with E-state index in [0.29, 0.717) is 0 Å². The molecule has 7 aromatic rings. The second kappa shape index (κ2) is 10.4. The van der Waals surface area contributed by atoms with E-state index in [4.69, 9.17) is 0 Å². The summed E-state index contributed by atoms with van der Waals surface area (Å²) in [6, 6.07) is 49.6. The number of aryl methyl sites for hydroxylation is 1. The van der Waals surface area contributed by atoms with E-state index in [-0.39, 0.29) is 0 Å². The molecule has 0 saturated heterocycles. The van der Waals surface area contributed by atoms with Gasteiger partial charge in [0, 0.05) is 0 Å². The molecule has 0 heterocycles. The largest absolute Gasteiger partial charge is 0.0906 e. The molecule has 0 unspecified atom stereocenters. The van der Waals surface area contributed by atoms with Crippen LogP contribution in [0.4, 0.5) is 0 Å². The number of hydrogen-bond acceptors (Lipinski definition) is 0. The summed E-state index contributed by atoms with van der Waals surface area (Å²) in [6.07, 6.45) is 1.07. The number of hydrogen-bond donors (Lipinski definition) is 0. The molecular weight excluding hydrogens is 456 g/mol. The van der Waals surface area contributed by atoms with Gasteiger partial charge in [-0.25, -0.2) is 0 Å². The van der Waals surface area contributed by atoms with Crippen LogP contribution in [0.25, 0.3) is 48.7 Å². The lowest BCUT2D eigenvalue weighted by atomic mass is 9.94. The molecular formula is C38H30. The summed E-state index contributed by atoms with van der Waals surface area (Å²) in [6.45, 7) is 6.33. The molecule has 0 atom stereocenters. The van der Waals surface area contributed by atoms with Crippen LogP contribution in [0.5, 0.6) is 0 Å². The van der Waals surface area contributed by atoms with Crippen LogP contribution in [-0.2, 0) is 6.42 Å². The minimum absolute atomic E-state index is 1.07. The van der Waals surface area contributed by atoms with Crippen molar-refractivity contribution >= 4 is 48.7 Å². The fourth-order valence-electron chi connectivity index (χ4n) is 5.34. The van der Waals surface area contributed by atoms with E-state index in [0.717, 1.165) is 12.0 Å². The maximum atomic E-state index is 4.10. The van der Waals surface area contributed by atoms with Crippen LogP contribution in [0.3, 0.4) is 0 Å². The van der Waals surface area contributed by atoms with Crippen molar-refractivity contribution in [2.24, 2.45) is 0 Å². The minimum atomic E-state index is 1.07. The molecule has 0 aliphatic heterocycles. The molecule has 38 heavy (non-hydrogen) atoms. The summed E-state index contributed by atoms with van der Waals surface area (Å²) in [5.74, 6) is 0. The quantitative estimate of drug-likeness (QED) is 0.172. The topological polar surface area (TPSA) is 0 Å². The van der Waals surface area contributed by atoms with Gasteiger partial charge in [0.05, 0.1) is 0 Å². The summed E-state index contributed by atoms with van der Waals surface area (Å²) >= 11 is 0. The molecule has 0 radical (unpaired) electrons. The zero-order valence-corrected chi connectivity index (χ0v) is 21.7. The summed E-state index contributed by atoms with van der Waals surface area (Å²) in [4.78, 5) is 0. The molecule has 7 rings (SSSR count). The van der Waals surface area contributed by atoms with Crippen LogP contribution < -0.4 is 0 Å². The molecule has 0 nitrogen and oxygen atoms in total. The van der Waals surface area contributed by atoms with E-state index in [1.807, 2.05) is 36.4 Å². The van der Waals surface area contributed by atoms with Crippen LogP contribution >= 0.6 is 0 Å². The fraction of sp³-hybridized carbons (Fsp3) is 0.0526. The molecule has 0 N–H and O–H groups in total. The highest BCUT2D eigenvalue weighted by atomic mass is 14.1. The average molecular weight is 487 g/mol. The lowest BCUT2D eigenvalue weighted by Gasteiger charge is -2.10. The lowest BCUT2D eigenvalue weighted by Crippen LogP contribution is -1.85. The van der Waals surface area contributed by atoms with Crippen LogP contribution in [0.1, 0.15) is 23.6 Å². The lowest BCUT2D eigenvalue weighted by molar-refractivity contribution is 1.16. The van der Waals surface area contributed by atoms with Crippen LogP contribution in [0, 0.1) is 0 Å². The number of benzene rings is 7. The molecule has 182 valence electrons. The zero-order valence-electron chi connectivity index (χ0n) is 21.7. The Hall–Kier alpha value is -4.68. The smallest absolute Gasteiger partial charge is 0.00987 e. The van der Waals surface area contributed by atoms with Crippen LogP contribution in [0.2, 0.25) is 0 Å². The Kier molecular flexibility index (Phi) is 6.46. The SMILES string of the molecule is C=C(c1ccccc1)c1ccccc1.CCc1cccc2cc3ccc4cc5ccccc5cc4c3cc12. The van der Waals surface area contributed by atoms with Gasteiger partial charge in [-0.1, -0.05) is 129 Å². The van der Waals surface area contributed by atoms with E-state index < -0.39 is 0 Å². The Morgan fingerprint density at radius 3 is 1.53 bits per heavy atom. The van der Waals surface area contributed by atoms with Crippen LogP contribution in [0.15, 0.2) is 146 Å². The summed E-state index contributed by atoms with van der Waals surface area (Å²) in [5.41, 5.74) is 4.86. The molecule has 0 bridgehead atoms. The second-order valence-corrected chi connectivity index (χ2v) is 9.76. The van der Waals surface area contributed by atoms with Gasteiger partial charge >= 0.3 is 0 Å². The van der Waals surface area contributed by atoms with Crippen molar-refractivity contribution in [2.75, 3.05) is 0 Å². The first-order valence-electron chi connectivity index (χ1n) is 13.3. The van der Waals surface area contributed by atoms with Crippen molar-refractivity contribution in [3.63, 3.8) is 0 Å². The highest BCUT2D eigenvalue weighted by molar-refractivity contribution is 6.15. The second-order valence-electron chi connectivity index (χ2n) is 9.76. The highest BCUT2D eigenvalue weighted by Crippen LogP contribution is 2.33. The molecule has 0 fully saturated rings. The monoisotopic (exact) mass is 486 g/mol. The van der Waals surface area contributed by atoms with Crippen LogP contribution in [-0.4, -0.2) is 0 Å². The Bertz CT molecular complexity index is 1850. The van der Waals surface area contributed by atoms with Gasteiger partial charge in [-0.2, -0.15) is 0 Å². The van der Waals surface area contributed by atoms with Gasteiger partial charge in [-0.3, -0.25) is 0 Å². The third-order valence-electron chi connectivity index (χ3n) is 7.42. The van der Waals surface area contributed by atoms with Crippen molar-refractivity contribution < 1.29 is 0 Å².